The summed E-state index contributed by atoms with van der Waals surface area (Å²) in [4.78, 5) is 8.03. The second-order valence-electron chi connectivity index (χ2n) is 1.81. The standard InChI is InChI=1S/C6H9N3S2/c1-10-4-3-5(11-2)9-6(7)8-4/h3H,1-2H3,(H2,7,8,9). The van der Waals surface area contributed by atoms with Crippen molar-refractivity contribution in [3.63, 3.8) is 0 Å². The Morgan fingerprint density at radius 2 is 1.64 bits per heavy atom. The highest BCUT2D eigenvalue weighted by atomic mass is 32.2. The van der Waals surface area contributed by atoms with Crippen molar-refractivity contribution in [2.24, 2.45) is 0 Å². The maximum Gasteiger partial charge on any atom is 0.222 e. The lowest BCUT2D eigenvalue weighted by atomic mass is 10.7. The second-order valence-corrected chi connectivity index (χ2v) is 3.46. The summed E-state index contributed by atoms with van der Waals surface area (Å²) in [5.41, 5.74) is 5.46. The van der Waals surface area contributed by atoms with Gasteiger partial charge in [-0.25, -0.2) is 9.97 Å². The van der Waals surface area contributed by atoms with E-state index in [1.54, 1.807) is 23.5 Å². The number of aromatic nitrogens is 2. The minimum absolute atomic E-state index is 0.348. The number of nitrogens with zero attached hydrogens (tertiary/aromatic N) is 2. The summed E-state index contributed by atoms with van der Waals surface area (Å²) >= 11 is 3.14. The van der Waals surface area contributed by atoms with E-state index in [0.29, 0.717) is 5.95 Å². The lowest BCUT2D eigenvalue weighted by molar-refractivity contribution is 0.985. The molecular formula is C6H9N3S2. The number of hydrogen-bond acceptors (Lipinski definition) is 5. The first kappa shape index (κ1) is 8.67. The molecule has 3 nitrogen and oxygen atoms in total. The van der Waals surface area contributed by atoms with Crippen LogP contribution in [0, 0.1) is 0 Å². The fraction of sp³-hybridized carbons (Fsp3) is 0.333. The van der Waals surface area contributed by atoms with Crippen LogP contribution < -0.4 is 5.73 Å². The van der Waals surface area contributed by atoms with Gasteiger partial charge in [0.1, 0.15) is 10.1 Å². The number of nitrogen functional groups attached to an aromatic ring is 1. The predicted molar refractivity (Wildman–Crippen MR) is 50.0 cm³/mol. The molecule has 1 heterocycles. The van der Waals surface area contributed by atoms with Gasteiger partial charge in [-0.3, -0.25) is 0 Å². The Labute approximate surface area is 74.2 Å². The molecule has 0 amide bonds. The van der Waals surface area contributed by atoms with Gasteiger partial charge in [0.25, 0.3) is 0 Å². The SMILES string of the molecule is CSc1cc(SC)nc(N)n1. The molecule has 0 fully saturated rings. The van der Waals surface area contributed by atoms with Crippen LogP contribution in [0.25, 0.3) is 0 Å². The van der Waals surface area contributed by atoms with Crippen molar-refractivity contribution >= 4 is 29.5 Å². The molecule has 0 unspecified atom stereocenters. The molecule has 0 saturated heterocycles. The van der Waals surface area contributed by atoms with E-state index in [0.717, 1.165) is 10.1 Å². The van der Waals surface area contributed by atoms with Gasteiger partial charge in [-0.1, -0.05) is 0 Å². The van der Waals surface area contributed by atoms with E-state index in [1.165, 1.54) is 0 Å². The Morgan fingerprint density at radius 3 is 2.00 bits per heavy atom. The molecule has 1 rings (SSSR count). The van der Waals surface area contributed by atoms with Crippen molar-refractivity contribution in [1.29, 1.82) is 0 Å². The molecule has 0 aromatic carbocycles. The van der Waals surface area contributed by atoms with E-state index in [1.807, 2.05) is 18.6 Å². The van der Waals surface area contributed by atoms with Crippen LogP contribution in [-0.4, -0.2) is 22.5 Å². The number of rotatable bonds is 2. The second kappa shape index (κ2) is 3.82. The van der Waals surface area contributed by atoms with Crippen molar-refractivity contribution in [3.05, 3.63) is 6.07 Å². The van der Waals surface area contributed by atoms with Crippen LogP contribution in [0.5, 0.6) is 0 Å². The van der Waals surface area contributed by atoms with E-state index in [2.05, 4.69) is 9.97 Å². The number of hydrogen-bond donors (Lipinski definition) is 1. The molecule has 11 heavy (non-hydrogen) atoms. The third-order valence-electron chi connectivity index (χ3n) is 1.11. The maximum absolute atomic E-state index is 5.46. The molecule has 0 radical (unpaired) electrons. The van der Waals surface area contributed by atoms with Crippen molar-refractivity contribution in [2.45, 2.75) is 10.1 Å². The topological polar surface area (TPSA) is 51.8 Å². The summed E-state index contributed by atoms with van der Waals surface area (Å²) in [5.74, 6) is 0.348. The Balaban J connectivity index is 3.02. The lowest BCUT2D eigenvalue weighted by Crippen LogP contribution is -1.96. The van der Waals surface area contributed by atoms with Gasteiger partial charge < -0.3 is 5.73 Å². The highest BCUT2D eigenvalue weighted by Gasteiger charge is 1.98. The minimum Gasteiger partial charge on any atom is -0.368 e. The quantitative estimate of drug-likeness (QED) is 0.561. The van der Waals surface area contributed by atoms with Gasteiger partial charge in [0.15, 0.2) is 0 Å². The van der Waals surface area contributed by atoms with Gasteiger partial charge in [0, 0.05) is 6.07 Å². The molecule has 1 aromatic rings. The first-order valence-electron chi connectivity index (χ1n) is 2.99. The fourth-order valence-electron chi connectivity index (χ4n) is 0.630. The zero-order valence-electron chi connectivity index (χ0n) is 6.37. The molecule has 60 valence electrons. The van der Waals surface area contributed by atoms with Gasteiger partial charge in [-0.15, -0.1) is 23.5 Å². The average molecular weight is 187 g/mol. The maximum atomic E-state index is 5.46. The van der Waals surface area contributed by atoms with Crippen molar-refractivity contribution < 1.29 is 0 Å². The lowest BCUT2D eigenvalue weighted by Gasteiger charge is -1.99. The summed E-state index contributed by atoms with van der Waals surface area (Å²) in [6.45, 7) is 0. The van der Waals surface area contributed by atoms with E-state index in [4.69, 9.17) is 5.73 Å². The van der Waals surface area contributed by atoms with Crippen LogP contribution in [0.2, 0.25) is 0 Å². The van der Waals surface area contributed by atoms with Crippen LogP contribution in [0.15, 0.2) is 16.1 Å². The largest absolute Gasteiger partial charge is 0.368 e. The molecule has 1 aromatic heterocycles. The minimum atomic E-state index is 0.348. The molecule has 0 saturated carbocycles. The van der Waals surface area contributed by atoms with Crippen LogP contribution >= 0.6 is 23.5 Å². The molecule has 0 spiro atoms. The molecular weight excluding hydrogens is 178 g/mol. The molecule has 0 aliphatic rings. The first-order valence-corrected chi connectivity index (χ1v) is 5.43. The molecule has 0 aliphatic heterocycles. The smallest absolute Gasteiger partial charge is 0.222 e. The Bertz CT molecular complexity index is 229. The summed E-state index contributed by atoms with van der Waals surface area (Å²) in [7, 11) is 0. The van der Waals surface area contributed by atoms with E-state index < -0.39 is 0 Å². The zero-order chi connectivity index (χ0) is 8.27. The number of anilines is 1. The van der Waals surface area contributed by atoms with E-state index >= 15 is 0 Å². The third-order valence-corrected chi connectivity index (χ3v) is 2.37. The summed E-state index contributed by atoms with van der Waals surface area (Å²) in [6, 6.07) is 1.92. The van der Waals surface area contributed by atoms with Gasteiger partial charge in [0.05, 0.1) is 0 Å². The molecule has 0 bridgehead atoms. The van der Waals surface area contributed by atoms with Crippen LogP contribution in [0.3, 0.4) is 0 Å². The highest BCUT2D eigenvalue weighted by molar-refractivity contribution is 7.99. The normalized spacial score (nSPS) is 10.0. The Kier molecular flexibility index (Phi) is 3.02. The highest BCUT2D eigenvalue weighted by Crippen LogP contribution is 2.18. The summed E-state index contributed by atoms with van der Waals surface area (Å²) in [5, 5.41) is 1.84. The Morgan fingerprint density at radius 1 is 1.18 bits per heavy atom. The van der Waals surface area contributed by atoms with Crippen LogP contribution in [0.4, 0.5) is 5.95 Å². The average Bonchev–Trinajstić information content (AvgIpc) is 2.03. The van der Waals surface area contributed by atoms with Crippen LogP contribution in [-0.2, 0) is 0 Å². The monoisotopic (exact) mass is 187 g/mol. The van der Waals surface area contributed by atoms with Crippen molar-refractivity contribution in [1.82, 2.24) is 9.97 Å². The number of thioether (sulfide) groups is 2. The van der Waals surface area contributed by atoms with Gasteiger partial charge >= 0.3 is 0 Å². The first-order chi connectivity index (χ1) is 5.26. The molecule has 5 heteroatoms. The molecule has 0 aliphatic carbocycles. The fourth-order valence-corrected chi connectivity index (χ4v) is 1.53. The predicted octanol–water partition coefficient (Wildman–Crippen LogP) is 1.50. The van der Waals surface area contributed by atoms with Crippen molar-refractivity contribution in [2.75, 3.05) is 18.2 Å². The zero-order valence-corrected chi connectivity index (χ0v) is 8.00. The third kappa shape index (κ3) is 2.27. The van der Waals surface area contributed by atoms with Crippen molar-refractivity contribution in [3.8, 4) is 0 Å². The van der Waals surface area contributed by atoms with E-state index in [-0.39, 0.29) is 0 Å². The van der Waals surface area contributed by atoms with E-state index in [9.17, 15) is 0 Å². The Hall–Kier alpha value is -0.420. The summed E-state index contributed by atoms with van der Waals surface area (Å²) < 4.78 is 0. The molecule has 0 atom stereocenters. The van der Waals surface area contributed by atoms with Gasteiger partial charge in [0.2, 0.25) is 5.95 Å². The summed E-state index contributed by atoms with van der Waals surface area (Å²) in [6.07, 6.45) is 3.93. The van der Waals surface area contributed by atoms with Gasteiger partial charge in [-0.2, -0.15) is 0 Å². The number of nitrogens with two attached hydrogens (primary N) is 1. The van der Waals surface area contributed by atoms with Gasteiger partial charge in [-0.05, 0) is 12.5 Å². The molecule has 2 N–H and O–H groups in total. The van der Waals surface area contributed by atoms with Crippen LogP contribution in [0.1, 0.15) is 0 Å².